The summed E-state index contributed by atoms with van der Waals surface area (Å²) in [6.07, 6.45) is 1.50. The van der Waals surface area contributed by atoms with Gasteiger partial charge in [0.1, 0.15) is 10.9 Å². The van der Waals surface area contributed by atoms with Crippen LogP contribution in [0.4, 0.5) is 5.69 Å². The minimum Gasteiger partial charge on any atom is -0.497 e. The second-order valence-electron chi connectivity index (χ2n) is 3.44. The van der Waals surface area contributed by atoms with Crippen molar-refractivity contribution >= 4 is 28.9 Å². The third kappa shape index (κ3) is 2.46. The van der Waals surface area contributed by atoms with E-state index in [-0.39, 0.29) is 0 Å². The number of nitrogen functional groups attached to an aromatic ring is 1. The molecule has 2 N–H and O–H groups in total. The van der Waals surface area contributed by atoms with E-state index in [2.05, 4.69) is 4.98 Å². The molecule has 1 aromatic carbocycles. The van der Waals surface area contributed by atoms with Crippen molar-refractivity contribution < 1.29 is 4.74 Å². The summed E-state index contributed by atoms with van der Waals surface area (Å²) >= 11 is 11.9. The number of pyridine rings is 1. The fourth-order valence-corrected chi connectivity index (χ4v) is 1.88. The molecule has 0 unspecified atom stereocenters. The van der Waals surface area contributed by atoms with Crippen LogP contribution in [0.15, 0.2) is 30.5 Å². The van der Waals surface area contributed by atoms with Crippen LogP contribution in [0.1, 0.15) is 0 Å². The Labute approximate surface area is 109 Å². The number of aromatic nitrogens is 1. The summed E-state index contributed by atoms with van der Waals surface area (Å²) in [4.78, 5) is 3.90. The van der Waals surface area contributed by atoms with Gasteiger partial charge >= 0.3 is 0 Å². The number of nitrogens with zero attached hydrogens (tertiary/aromatic N) is 1. The maximum Gasteiger partial charge on any atom is 0.129 e. The van der Waals surface area contributed by atoms with Crippen molar-refractivity contribution in [1.82, 2.24) is 4.98 Å². The van der Waals surface area contributed by atoms with Gasteiger partial charge in [0, 0.05) is 23.0 Å². The number of ether oxygens (including phenoxy) is 1. The highest BCUT2D eigenvalue weighted by Gasteiger charge is 2.09. The molecular formula is C12H10Cl2N2O. The van der Waals surface area contributed by atoms with E-state index in [9.17, 15) is 0 Å². The lowest BCUT2D eigenvalue weighted by molar-refractivity contribution is 0.415. The zero-order valence-corrected chi connectivity index (χ0v) is 10.6. The van der Waals surface area contributed by atoms with E-state index in [1.807, 2.05) is 6.07 Å². The number of nitrogens with two attached hydrogens (primary N) is 1. The summed E-state index contributed by atoms with van der Waals surface area (Å²) < 4.78 is 5.15. The fourth-order valence-electron chi connectivity index (χ4n) is 1.52. The predicted molar refractivity (Wildman–Crippen MR) is 70.7 cm³/mol. The molecule has 0 aliphatic carbocycles. The van der Waals surface area contributed by atoms with Gasteiger partial charge < -0.3 is 10.5 Å². The van der Waals surface area contributed by atoms with Crippen molar-refractivity contribution in [3.8, 4) is 16.9 Å². The maximum atomic E-state index is 6.08. The minimum atomic E-state index is 0.367. The number of rotatable bonds is 2. The van der Waals surface area contributed by atoms with Gasteiger partial charge in [0.15, 0.2) is 0 Å². The van der Waals surface area contributed by atoms with Crippen LogP contribution in [-0.2, 0) is 0 Å². The number of methoxy groups -OCH3 is 1. The SMILES string of the molecule is COc1ccc(N)c(-c2cc(Cl)ncc2Cl)c1. The standard InChI is InChI=1S/C12H10Cl2N2O/c1-17-7-2-3-11(15)9(4-7)8-5-12(14)16-6-10(8)13/h2-6H,15H2,1H3. The number of anilines is 1. The Kier molecular flexibility index (Phi) is 3.41. The second-order valence-corrected chi connectivity index (χ2v) is 4.23. The summed E-state index contributed by atoms with van der Waals surface area (Å²) in [5, 5.41) is 0.862. The number of hydrogen-bond acceptors (Lipinski definition) is 3. The van der Waals surface area contributed by atoms with Crippen LogP contribution >= 0.6 is 23.2 Å². The Bertz CT molecular complexity index is 558. The highest BCUT2D eigenvalue weighted by molar-refractivity contribution is 6.34. The van der Waals surface area contributed by atoms with E-state index >= 15 is 0 Å². The molecule has 0 bridgehead atoms. The van der Waals surface area contributed by atoms with Crippen LogP contribution in [0.3, 0.4) is 0 Å². The van der Waals surface area contributed by atoms with Crippen LogP contribution in [0.2, 0.25) is 10.2 Å². The summed E-state index contributed by atoms with van der Waals surface area (Å²) in [7, 11) is 1.59. The van der Waals surface area contributed by atoms with Crippen molar-refractivity contribution in [3.05, 3.63) is 40.6 Å². The zero-order chi connectivity index (χ0) is 12.4. The van der Waals surface area contributed by atoms with Crippen molar-refractivity contribution in [2.75, 3.05) is 12.8 Å². The average Bonchev–Trinajstić information content (AvgIpc) is 2.33. The molecule has 2 rings (SSSR count). The smallest absolute Gasteiger partial charge is 0.129 e. The summed E-state index contributed by atoms with van der Waals surface area (Å²) in [5.74, 6) is 0.707. The molecule has 0 aliphatic rings. The molecular weight excluding hydrogens is 259 g/mol. The molecule has 1 heterocycles. The monoisotopic (exact) mass is 268 g/mol. The van der Waals surface area contributed by atoms with E-state index < -0.39 is 0 Å². The summed E-state index contributed by atoms with van der Waals surface area (Å²) in [6, 6.07) is 7.04. The molecule has 0 saturated heterocycles. The van der Waals surface area contributed by atoms with Crippen LogP contribution < -0.4 is 10.5 Å². The van der Waals surface area contributed by atoms with Crippen molar-refractivity contribution in [2.45, 2.75) is 0 Å². The fraction of sp³-hybridized carbons (Fsp3) is 0.0833. The highest BCUT2D eigenvalue weighted by atomic mass is 35.5. The molecule has 17 heavy (non-hydrogen) atoms. The van der Waals surface area contributed by atoms with Crippen molar-refractivity contribution in [1.29, 1.82) is 0 Å². The molecule has 0 atom stereocenters. The molecule has 0 radical (unpaired) electrons. The third-order valence-electron chi connectivity index (χ3n) is 2.37. The van der Waals surface area contributed by atoms with E-state index in [4.69, 9.17) is 33.7 Å². The average molecular weight is 269 g/mol. The Morgan fingerprint density at radius 1 is 1.18 bits per heavy atom. The predicted octanol–water partition coefficient (Wildman–Crippen LogP) is 3.65. The van der Waals surface area contributed by atoms with Gasteiger partial charge in [0.05, 0.1) is 12.1 Å². The van der Waals surface area contributed by atoms with Gasteiger partial charge in [-0.15, -0.1) is 0 Å². The third-order valence-corrected chi connectivity index (χ3v) is 2.88. The molecule has 3 nitrogen and oxygen atoms in total. The number of hydrogen-bond donors (Lipinski definition) is 1. The Morgan fingerprint density at radius 3 is 2.65 bits per heavy atom. The van der Waals surface area contributed by atoms with E-state index in [0.29, 0.717) is 21.6 Å². The highest BCUT2D eigenvalue weighted by Crippen LogP contribution is 2.35. The van der Waals surface area contributed by atoms with Crippen molar-refractivity contribution in [3.63, 3.8) is 0 Å². The molecule has 0 spiro atoms. The van der Waals surface area contributed by atoms with Gasteiger partial charge in [0.25, 0.3) is 0 Å². The van der Waals surface area contributed by atoms with Gasteiger partial charge in [-0.25, -0.2) is 4.98 Å². The molecule has 0 aliphatic heterocycles. The number of benzene rings is 1. The summed E-state index contributed by atoms with van der Waals surface area (Å²) in [6.45, 7) is 0. The lowest BCUT2D eigenvalue weighted by Crippen LogP contribution is -1.93. The number of halogens is 2. The largest absolute Gasteiger partial charge is 0.497 e. The van der Waals surface area contributed by atoms with Crippen molar-refractivity contribution in [2.24, 2.45) is 0 Å². The molecule has 0 amide bonds. The van der Waals surface area contributed by atoms with Gasteiger partial charge in [0.2, 0.25) is 0 Å². The first-order valence-electron chi connectivity index (χ1n) is 4.86. The van der Waals surface area contributed by atoms with Gasteiger partial charge in [-0.2, -0.15) is 0 Å². The van der Waals surface area contributed by atoms with Gasteiger partial charge in [-0.05, 0) is 24.3 Å². The van der Waals surface area contributed by atoms with E-state index in [1.165, 1.54) is 6.20 Å². The Hall–Kier alpha value is -1.45. The molecule has 0 fully saturated rings. The Balaban J connectivity index is 2.62. The van der Waals surface area contributed by atoms with Crippen LogP contribution in [-0.4, -0.2) is 12.1 Å². The normalized spacial score (nSPS) is 10.3. The first-order chi connectivity index (χ1) is 8.11. The Morgan fingerprint density at radius 2 is 1.94 bits per heavy atom. The zero-order valence-electron chi connectivity index (χ0n) is 9.08. The van der Waals surface area contributed by atoms with Gasteiger partial charge in [-0.1, -0.05) is 23.2 Å². The first kappa shape index (κ1) is 12.0. The lowest BCUT2D eigenvalue weighted by atomic mass is 10.0. The lowest BCUT2D eigenvalue weighted by Gasteiger charge is -2.10. The van der Waals surface area contributed by atoms with Gasteiger partial charge in [-0.3, -0.25) is 0 Å². The summed E-state index contributed by atoms with van der Waals surface area (Å²) in [5.41, 5.74) is 8.04. The molecule has 0 saturated carbocycles. The quantitative estimate of drug-likeness (QED) is 0.668. The topological polar surface area (TPSA) is 48.1 Å². The van der Waals surface area contributed by atoms with E-state index in [1.54, 1.807) is 25.3 Å². The molecule has 1 aromatic heterocycles. The first-order valence-corrected chi connectivity index (χ1v) is 5.62. The molecule has 5 heteroatoms. The van der Waals surface area contributed by atoms with Crippen LogP contribution in [0.5, 0.6) is 5.75 Å². The second kappa shape index (κ2) is 4.82. The van der Waals surface area contributed by atoms with E-state index in [0.717, 1.165) is 11.1 Å². The molecule has 88 valence electrons. The van der Waals surface area contributed by atoms with Crippen LogP contribution in [0.25, 0.3) is 11.1 Å². The minimum absolute atomic E-state index is 0.367. The van der Waals surface area contributed by atoms with Crippen LogP contribution in [0, 0.1) is 0 Å². The molecule has 2 aromatic rings. The maximum absolute atomic E-state index is 6.08.